The van der Waals surface area contributed by atoms with Crippen LogP contribution in [0.1, 0.15) is 0 Å². The molecular formula is C10H10N4S3. The lowest BCUT2D eigenvalue weighted by Crippen LogP contribution is -1.84. The minimum absolute atomic E-state index is 0.530. The van der Waals surface area contributed by atoms with Gasteiger partial charge in [0.15, 0.2) is 3.95 Å². The molecule has 1 aromatic carbocycles. The third-order valence-corrected chi connectivity index (χ3v) is 3.36. The quantitative estimate of drug-likeness (QED) is 0.621. The molecule has 0 aliphatic rings. The topological polar surface area (TPSA) is 49.4 Å². The number of aryl methyl sites for hydroxylation is 1. The molecule has 0 bridgehead atoms. The number of benzene rings is 1. The van der Waals surface area contributed by atoms with Crippen molar-refractivity contribution in [3.63, 3.8) is 0 Å². The van der Waals surface area contributed by atoms with E-state index in [2.05, 4.69) is 33.4 Å². The first-order valence-electron chi connectivity index (χ1n) is 4.80. The van der Waals surface area contributed by atoms with Crippen molar-refractivity contribution < 1.29 is 0 Å². The maximum absolute atomic E-state index is 4.98. The SMILES string of the molecule is Cn1cnc(=S)[nH]1.S=c1[nH]c2ccccc2s1. The molecule has 2 N–H and O–H groups in total. The number of H-pyrrole nitrogens is 2. The highest BCUT2D eigenvalue weighted by Crippen LogP contribution is 2.17. The summed E-state index contributed by atoms with van der Waals surface area (Å²) in [5.74, 6) is 0. The van der Waals surface area contributed by atoms with E-state index in [1.165, 1.54) is 4.70 Å². The molecule has 2 heterocycles. The molecule has 17 heavy (non-hydrogen) atoms. The Labute approximate surface area is 112 Å². The Morgan fingerprint density at radius 3 is 2.59 bits per heavy atom. The Kier molecular flexibility index (Phi) is 3.82. The predicted octanol–water partition coefficient (Wildman–Crippen LogP) is 3.44. The third-order valence-electron chi connectivity index (χ3n) is 1.95. The second kappa shape index (κ2) is 5.35. The molecule has 0 saturated carbocycles. The monoisotopic (exact) mass is 282 g/mol. The van der Waals surface area contributed by atoms with Gasteiger partial charge in [0.1, 0.15) is 6.33 Å². The number of aromatic amines is 2. The fourth-order valence-corrected chi connectivity index (χ4v) is 2.55. The number of hydrogen-bond donors (Lipinski definition) is 2. The summed E-state index contributed by atoms with van der Waals surface area (Å²) in [7, 11) is 1.84. The van der Waals surface area contributed by atoms with Crippen LogP contribution in [0, 0.1) is 8.73 Å². The van der Waals surface area contributed by atoms with E-state index in [1.807, 2.05) is 25.2 Å². The molecule has 0 unspecified atom stereocenters. The van der Waals surface area contributed by atoms with Crippen LogP contribution in [0.4, 0.5) is 0 Å². The first kappa shape index (κ1) is 12.2. The van der Waals surface area contributed by atoms with Gasteiger partial charge in [0.25, 0.3) is 0 Å². The van der Waals surface area contributed by atoms with E-state index in [0.29, 0.717) is 4.77 Å². The van der Waals surface area contributed by atoms with E-state index in [4.69, 9.17) is 12.2 Å². The number of para-hydroxylation sites is 1. The van der Waals surface area contributed by atoms with E-state index in [1.54, 1.807) is 22.3 Å². The van der Waals surface area contributed by atoms with E-state index in [9.17, 15) is 0 Å². The summed E-state index contributed by atoms with van der Waals surface area (Å²) in [4.78, 5) is 6.83. The normalized spacial score (nSPS) is 9.94. The zero-order valence-electron chi connectivity index (χ0n) is 9.01. The third kappa shape index (κ3) is 3.32. The van der Waals surface area contributed by atoms with Crippen LogP contribution >= 0.6 is 35.8 Å². The van der Waals surface area contributed by atoms with Crippen molar-refractivity contribution in [3.8, 4) is 0 Å². The molecule has 4 nitrogen and oxygen atoms in total. The molecule has 2 aromatic heterocycles. The van der Waals surface area contributed by atoms with Crippen LogP contribution in [0.25, 0.3) is 10.2 Å². The fourth-order valence-electron chi connectivity index (χ4n) is 1.24. The molecule has 0 fully saturated rings. The van der Waals surface area contributed by atoms with Crippen molar-refractivity contribution in [2.45, 2.75) is 0 Å². The number of nitrogens with zero attached hydrogens (tertiary/aromatic N) is 2. The molecule has 0 aliphatic carbocycles. The van der Waals surface area contributed by atoms with Gasteiger partial charge in [-0.25, -0.2) is 4.98 Å². The minimum Gasteiger partial charge on any atom is -0.337 e. The fraction of sp³-hybridized carbons (Fsp3) is 0.100. The Bertz CT molecular complexity index is 682. The molecule has 0 saturated heterocycles. The Balaban J connectivity index is 0.000000136. The zero-order chi connectivity index (χ0) is 12.3. The van der Waals surface area contributed by atoms with Crippen molar-refractivity contribution in [3.05, 3.63) is 39.3 Å². The van der Waals surface area contributed by atoms with Crippen molar-refractivity contribution in [2.75, 3.05) is 0 Å². The average molecular weight is 282 g/mol. The Hall–Kier alpha value is -1.31. The molecule has 0 spiro atoms. The van der Waals surface area contributed by atoms with E-state index in [-0.39, 0.29) is 0 Å². The second-order valence-corrected chi connectivity index (χ2v) is 5.39. The molecule has 0 aliphatic heterocycles. The lowest BCUT2D eigenvalue weighted by molar-refractivity contribution is 0.762. The first-order valence-corrected chi connectivity index (χ1v) is 6.44. The predicted molar refractivity (Wildman–Crippen MR) is 75.4 cm³/mol. The van der Waals surface area contributed by atoms with Crippen molar-refractivity contribution in [1.29, 1.82) is 0 Å². The molecule has 0 radical (unpaired) electrons. The molecule has 3 aromatic rings. The lowest BCUT2D eigenvalue weighted by atomic mass is 10.3. The number of aromatic nitrogens is 4. The average Bonchev–Trinajstić information content (AvgIpc) is 2.83. The molecular weight excluding hydrogens is 272 g/mol. The van der Waals surface area contributed by atoms with Gasteiger partial charge in [0.2, 0.25) is 4.77 Å². The largest absolute Gasteiger partial charge is 0.337 e. The van der Waals surface area contributed by atoms with Crippen LogP contribution in [0.2, 0.25) is 0 Å². The van der Waals surface area contributed by atoms with E-state index >= 15 is 0 Å². The van der Waals surface area contributed by atoms with Gasteiger partial charge in [-0.05, 0) is 36.6 Å². The summed E-state index contributed by atoms with van der Waals surface area (Å²) in [6.45, 7) is 0. The van der Waals surface area contributed by atoms with Crippen molar-refractivity contribution >= 4 is 46.0 Å². The van der Waals surface area contributed by atoms with Crippen LogP contribution < -0.4 is 0 Å². The van der Waals surface area contributed by atoms with E-state index < -0.39 is 0 Å². The van der Waals surface area contributed by atoms with Crippen LogP contribution in [0.5, 0.6) is 0 Å². The number of fused-ring (bicyclic) bond motifs is 1. The summed E-state index contributed by atoms with van der Waals surface area (Å²) in [6, 6.07) is 8.11. The van der Waals surface area contributed by atoms with Gasteiger partial charge >= 0.3 is 0 Å². The number of thiazole rings is 1. The van der Waals surface area contributed by atoms with Gasteiger partial charge in [-0.3, -0.25) is 9.78 Å². The standard InChI is InChI=1S/C7H5NS2.C3H5N3S/c9-7-8-5-3-1-2-4-6(5)10-7;1-6-2-4-3(7)5-6/h1-4H,(H,8,9);2H,1H3,(H,5,7). The van der Waals surface area contributed by atoms with Crippen LogP contribution in [-0.4, -0.2) is 19.7 Å². The maximum atomic E-state index is 4.98. The second-order valence-electron chi connectivity index (χ2n) is 3.28. The summed E-state index contributed by atoms with van der Waals surface area (Å²) < 4.78 is 4.30. The lowest BCUT2D eigenvalue weighted by Gasteiger charge is -1.81. The van der Waals surface area contributed by atoms with Crippen molar-refractivity contribution in [2.24, 2.45) is 7.05 Å². The molecule has 88 valence electrons. The highest BCUT2D eigenvalue weighted by Gasteiger charge is 1.91. The van der Waals surface area contributed by atoms with Gasteiger partial charge in [-0.1, -0.05) is 12.1 Å². The van der Waals surface area contributed by atoms with E-state index in [0.717, 1.165) is 9.47 Å². The van der Waals surface area contributed by atoms with Crippen LogP contribution in [0.3, 0.4) is 0 Å². The molecule has 3 rings (SSSR count). The Morgan fingerprint density at radius 1 is 1.29 bits per heavy atom. The van der Waals surface area contributed by atoms with Gasteiger partial charge in [0, 0.05) is 7.05 Å². The number of hydrogen-bond acceptors (Lipinski definition) is 4. The smallest absolute Gasteiger partial charge is 0.213 e. The number of nitrogens with one attached hydrogen (secondary N) is 2. The Morgan fingerprint density at radius 2 is 2.06 bits per heavy atom. The highest BCUT2D eigenvalue weighted by molar-refractivity contribution is 7.73. The van der Waals surface area contributed by atoms with Crippen molar-refractivity contribution in [1.82, 2.24) is 19.7 Å². The van der Waals surface area contributed by atoms with Crippen LogP contribution in [-0.2, 0) is 7.05 Å². The zero-order valence-corrected chi connectivity index (χ0v) is 11.5. The summed E-state index contributed by atoms with van der Waals surface area (Å²) >= 11 is 11.2. The van der Waals surface area contributed by atoms with Gasteiger partial charge in [-0.15, -0.1) is 11.3 Å². The van der Waals surface area contributed by atoms with Gasteiger partial charge in [0.05, 0.1) is 10.2 Å². The van der Waals surface area contributed by atoms with Crippen LogP contribution in [0.15, 0.2) is 30.6 Å². The minimum atomic E-state index is 0.530. The summed E-state index contributed by atoms with van der Waals surface area (Å²) in [5.41, 5.74) is 1.14. The number of rotatable bonds is 0. The molecule has 0 amide bonds. The summed E-state index contributed by atoms with van der Waals surface area (Å²) in [5, 5.41) is 2.76. The first-order chi connectivity index (χ1) is 8.15. The molecule has 0 atom stereocenters. The van der Waals surface area contributed by atoms with Gasteiger partial charge in [-0.2, -0.15) is 0 Å². The molecule has 7 heteroatoms. The highest BCUT2D eigenvalue weighted by atomic mass is 32.1. The van der Waals surface area contributed by atoms with Gasteiger partial charge < -0.3 is 4.98 Å². The summed E-state index contributed by atoms with van der Waals surface area (Å²) in [6.07, 6.45) is 1.63. The maximum Gasteiger partial charge on any atom is 0.213 e.